The summed E-state index contributed by atoms with van der Waals surface area (Å²) in [5, 5.41) is 19.4. The molecule has 0 bridgehead atoms. The highest BCUT2D eigenvalue weighted by atomic mass is 16.6. The molecule has 1 rings (SSSR count). The monoisotopic (exact) mass is 237 g/mol. The van der Waals surface area contributed by atoms with Crippen LogP contribution in [0, 0.1) is 10.1 Å². The molecule has 0 unspecified atom stereocenters. The second-order valence-electron chi connectivity index (χ2n) is 3.17. The lowest BCUT2D eigenvalue weighted by atomic mass is 10.2. The van der Waals surface area contributed by atoms with Gasteiger partial charge in [-0.2, -0.15) is 0 Å². The lowest BCUT2D eigenvalue weighted by Gasteiger charge is -2.05. The molecule has 0 radical (unpaired) electrons. The van der Waals surface area contributed by atoms with Gasteiger partial charge in [0.1, 0.15) is 11.3 Å². The van der Waals surface area contributed by atoms with Gasteiger partial charge in [0.2, 0.25) is 0 Å². The highest BCUT2D eigenvalue weighted by Gasteiger charge is 2.20. The van der Waals surface area contributed by atoms with E-state index in [9.17, 15) is 14.9 Å². The van der Waals surface area contributed by atoms with E-state index in [1.807, 2.05) is 0 Å². The molecule has 1 N–H and O–H groups in total. The minimum atomic E-state index is -1.34. The first-order valence-corrected chi connectivity index (χ1v) is 4.81. The molecule has 0 amide bonds. The summed E-state index contributed by atoms with van der Waals surface area (Å²) in [6.07, 6.45) is 2.26. The lowest BCUT2D eigenvalue weighted by Crippen LogP contribution is -2.03. The van der Waals surface area contributed by atoms with Crippen molar-refractivity contribution >= 4 is 11.7 Å². The van der Waals surface area contributed by atoms with Gasteiger partial charge >= 0.3 is 5.97 Å². The molecular formula is C11H11NO5. The number of carbonyl (C=O) groups is 1. The van der Waals surface area contributed by atoms with Crippen LogP contribution in [0.25, 0.3) is 0 Å². The summed E-state index contributed by atoms with van der Waals surface area (Å²) in [6.45, 7) is 3.85. The number of carboxylic acid groups (broad SMARTS) is 1. The molecule has 0 atom stereocenters. The normalized spacial score (nSPS) is 9.65. The van der Waals surface area contributed by atoms with E-state index in [0.29, 0.717) is 13.0 Å². The van der Waals surface area contributed by atoms with Crippen LogP contribution in [0.15, 0.2) is 30.9 Å². The van der Waals surface area contributed by atoms with Gasteiger partial charge in [0.05, 0.1) is 17.6 Å². The first-order valence-electron chi connectivity index (χ1n) is 4.81. The Kier molecular flexibility index (Phi) is 4.21. The Morgan fingerprint density at radius 2 is 2.29 bits per heavy atom. The second-order valence-corrected chi connectivity index (χ2v) is 3.17. The molecule has 0 aliphatic heterocycles. The highest BCUT2D eigenvalue weighted by molar-refractivity contribution is 5.92. The summed E-state index contributed by atoms with van der Waals surface area (Å²) < 4.78 is 5.20. The number of hydrogen-bond acceptors (Lipinski definition) is 4. The van der Waals surface area contributed by atoms with Gasteiger partial charge in [-0.3, -0.25) is 10.1 Å². The van der Waals surface area contributed by atoms with Gasteiger partial charge in [-0.05, 0) is 18.6 Å². The number of carboxylic acids is 1. The van der Waals surface area contributed by atoms with Crippen molar-refractivity contribution in [2.24, 2.45) is 0 Å². The number of nitro benzene ring substituents is 1. The zero-order valence-corrected chi connectivity index (χ0v) is 8.96. The molecule has 0 spiro atoms. The first-order chi connectivity index (χ1) is 8.06. The molecule has 0 aliphatic carbocycles. The van der Waals surface area contributed by atoms with Gasteiger partial charge in [-0.15, -0.1) is 6.58 Å². The Balaban J connectivity index is 2.97. The Morgan fingerprint density at radius 3 is 2.82 bits per heavy atom. The maximum Gasteiger partial charge on any atom is 0.342 e. The van der Waals surface area contributed by atoms with E-state index in [4.69, 9.17) is 9.84 Å². The third kappa shape index (κ3) is 3.30. The predicted octanol–water partition coefficient (Wildman–Crippen LogP) is 2.25. The molecule has 0 aromatic heterocycles. The van der Waals surface area contributed by atoms with Crippen LogP contribution in [-0.2, 0) is 0 Å². The van der Waals surface area contributed by atoms with Crippen molar-refractivity contribution in [3.8, 4) is 5.75 Å². The Labute approximate surface area is 97.3 Å². The second kappa shape index (κ2) is 5.64. The van der Waals surface area contributed by atoms with Crippen LogP contribution < -0.4 is 4.74 Å². The fraction of sp³-hybridized carbons (Fsp3) is 0.182. The SMILES string of the molecule is C=CCCOc1ccc(C(=O)O)c([N+](=O)[O-])c1. The van der Waals surface area contributed by atoms with Gasteiger partial charge in [-0.1, -0.05) is 6.08 Å². The van der Waals surface area contributed by atoms with Crippen LogP contribution in [0.1, 0.15) is 16.8 Å². The summed E-state index contributed by atoms with van der Waals surface area (Å²) in [5.74, 6) is -1.07. The third-order valence-electron chi connectivity index (χ3n) is 1.99. The molecule has 0 saturated heterocycles. The van der Waals surface area contributed by atoms with E-state index >= 15 is 0 Å². The molecule has 17 heavy (non-hydrogen) atoms. The lowest BCUT2D eigenvalue weighted by molar-refractivity contribution is -0.385. The van der Waals surface area contributed by atoms with Crippen LogP contribution in [0.5, 0.6) is 5.75 Å². The molecule has 1 aromatic rings. The van der Waals surface area contributed by atoms with Crippen molar-refractivity contribution in [2.45, 2.75) is 6.42 Å². The number of nitro groups is 1. The first kappa shape index (κ1) is 12.7. The fourth-order valence-electron chi connectivity index (χ4n) is 1.19. The van der Waals surface area contributed by atoms with E-state index in [-0.39, 0.29) is 11.3 Å². The van der Waals surface area contributed by atoms with Crippen LogP contribution >= 0.6 is 0 Å². The van der Waals surface area contributed by atoms with E-state index < -0.39 is 16.6 Å². The average molecular weight is 237 g/mol. The Bertz CT molecular complexity index is 455. The van der Waals surface area contributed by atoms with Crippen LogP contribution in [0.3, 0.4) is 0 Å². The minimum absolute atomic E-state index is 0.267. The molecule has 1 aromatic carbocycles. The van der Waals surface area contributed by atoms with Gasteiger partial charge in [-0.25, -0.2) is 4.79 Å². The topological polar surface area (TPSA) is 89.7 Å². The van der Waals surface area contributed by atoms with E-state index in [1.54, 1.807) is 6.08 Å². The van der Waals surface area contributed by atoms with Crippen LogP contribution in [0.4, 0.5) is 5.69 Å². The number of ether oxygens (including phenoxy) is 1. The van der Waals surface area contributed by atoms with Crippen LogP contribution in [-0.4, -0.2) is 22.6 Å². The minimum Gasteiger partial charge on any atom is -0.493 e. The molecule has 90 valence electrons. The summed E-state index contributed by atoms with van der Waals surface area (Å²) in [5.41, 5.74) is -0.834. The quantitative estimate of drug-likeness (QED) is 0.354. The van der Waals surface area contributed by atoms with Gasteiger partial charge in [0.25, 0.3) is 5.69 Å². The van der Waals surface area contributed by atoms with Crippen molar-refractivity contribution in [1.82, 2.24) is 0 Å². The zero-order valence-electron chi connectivity index (χ0n) is 8.96. The van der Waals surface area contributed by atoms with Gasteiger partial charge < -0.3 is 9.84 Å². The van der Waals surface area contributed by atoms with Gasteiger partial charge in [0, 0.05) is 0 Å². The van der Waals surface area contributed by atoms with E-state index in [1.165, 1.54) is 6.07 Å². The zero-order chi connectivity index (χ0) is 12.8. The van der Waals surface area contributed by atoms with Crippen molar-refractivity contribution in [1.29, 1.82) is 0 Å². The molecule has 6 heteroatoms. The standard InChI is InChI=1S/C11H11NO5/c1-2-3-6-17-8-4-5-9(11(13)14)10(7-8)12(15)16/h2,4-5,7H,1,3,6H2,(H,13,14). The van der Waals surface area contributed by atoms with Crippen molar-refractivity contribution in [3.63, 3.8) is 0 Å². The summed E-state index contributed by atoms with van der Waals surface area (Å²) in [4.78, 5) is 20.7. The van der Waals surface area contributed by atoms with E-state index in [2.05, 4.69) is 6.58 Å². The largest absolute Gasteiger partial charge is 0.493 e. The maximum atomic E-state index is 10.7. The van der Waals surface area contributed by atoms with Crippen molar-refractivity contribution in [2.75, 3.05) is 6.61 Å². The number of hydrogen-bond donors (Lipinski definition) is 1. The molecule has 0 saturated carbocycles. The smallest absolute Gasteiger partial charge is 0.342 e. The average Bonchev–Trinajstić information content (AvgIpc) is 2.29. The molecule has 0 aliphatic rings. The number of benzene rings is 1. The Morgan fingerprint density at radius 1 is 1.59 bits per heavy atom. The Hall–Kier alpha value is -2.37. The number of nitrogens with zero attached hydrogens (tertiary/aromatic N) is 1. The third-order valence-corrected chi connectivity index (χ3v) is 1.99. The number of aromatic carboxylic acids is 1. The fourth-order valence-corrected chi connectivity index (χ4v) is 1.19. The van der Waals surface area contributed by atoms with Crippen molar-refractivity contribution in [3.05, 3.63) is 46.5 Å². The number of rotatable bonds is 6. The molecule has 0 fully saturated rings. The summed E-state index contributed by atoms with van der Waals surface area (Å²) in [6, 6.07) is 3.65. The van der Waals surface area contributed by atoms with Gasteiger partial charge in [0.15, 0.2) is 0 Å². The molecular weight excluding hydrogens is 226 g/mol. The molecule has 6 nitrogen and oxygen atoms in total. The summed E-state index contributed by atoms with van der Waals surface area (Å²) in [7, 11) is 0. The predicted molar refractivity (Wildman–Crippen MR) is 60.4 cm³/mol. The van der Waals surface area contributed by atoms with Crippen LogP contribution in [0.2, 0.25) is 0 Å². The maximum absolute atomic E-state index is 10.7. The summed E-state index contributed by atoms with van der Waals surface area (Å²) >= 11 is 0. The highest BCUT2D eigenvalue weighted by Crippen LogP contribution is 2.24. The van der Waals surface area contributed by atoms with Crippen molar-refractivity contribution < 1.29 is 19.6 Å². The molecule has 0 heterocycles. The van der Waals surface area contributed by atoms with E-state index in [0.717, 1.165) is 12.1 Å².